The van der Waals surface area contributed by atoms with Gasteiger partial charge in [0.2, 0.25) is 5.88 Å². The first-order chi connectivity index (χ1) is 8.68. The van der Waals surface area contributed by atoms with Gasteiger partial charge in [0.25, 0.3) is 0 Å². The first kappa shape index (κ1) is 12.8. The number of nitrogens with two attached hydrogens (primary N) is 1. The zero-order chi connectivity index (χ0) is 13.0. The van der Waals surface area contributed by atoms with Gasteiger partial charge in [-0.1, -0.05) is 0 Å². The number of hydrogen-bond acceptors (Lipinski definition) is 4. The monoisotopic (exact) mass is 248 g/mol. The van der Waals surface area contributed by atoms with Gasteiger partial charge in [0.05, 0.1) is 5.56 Å². The molecule has 1 saturated heterocycles. The Morgan fingerprint density at radius 3 is 2.89 bits per heavy atom. The fraction of sp³-hybridized carbons (Fsp3) is 0.538. The summed E-state index contributed by atoms with van der Waals surface area (Å²) in [6.07, 6.45) is 4.25. The minimum atomic E-state index is 0.0109. The van der Waals surface area contributed by atoms with E-state index in [1.54, 1.807) is 6.20 Å². The Bertz CT molecular complexity index is 427. The van der Waals surface area contributed by atoms with Crippen LogP contribution in [0.25, 0.3) is 0 Å². The molecule has 1 aliphatic heterocycles. The van der Waals surface area contributed by atoms with Gasteiger partial charge in [0, 0.05) is 12.7 Å². The van der Waals surface area contributed by atoms with Crippen LogP contribution in [0.5, 0.6) is 5.88 Å². The second-order valence-corrected chi connectivity index (χ2v) is 4.62. The molecule has 2 rings (SSSR count). The summed E-state index contributed by atoms with van der Waals surface area (Å²) < 4.78 is 5.67. The molecular weight excluding hydrogens is 228 g/mol. The third-order valence-corrected chi connectivity index (χ3v) is 3.24. The Balaban J connectivity index is 1.96. The topological polar surface area (TPSA) is 75.2 Å². The second kappa shape index (κ2) is 5.82. The largest absolute Gasteiger partial charge is 0.476 e. The van der Waals surface area contributed by atoms with Crippen molar-refractivity contribution in [2.24, 2.45) is 5.73 Å². The number of aryl methyl sites for hydroxylation is 1. The number of nitrogens with one attached hydrogen (secondary N) is 1. The molecule has 18 heavy (non-hydrogen) atoms. The number of ether oxygens (including phenoxy) is 1. The van der Waals surface area contributed by atoms with Gasteiger partial charge in [-0.05, 0) is 44.5 Å². The maximum Gasteiger partial charge on any atom is 0.224 e. The average Bonchev–Trinajstić information content (AvgIpc) is 2.81. The lowest BCUT2D eigenvalue weighted by molar-refractivity contribution is 0.231. The van der Waals surface area contributed by atoms with Crippen LogP contribution in [0.1, 0.15) is 24.0 Å². The molecule has 0 saturated carbocycles. The van der Waals surface area contributed by atoms with Crippen LogP contribution >= 0.6 is 0 Å². The summed E-state index contributed by atoms with van der Waals surface area (Å²) in [6, 6.07) is 1.84. The number of aromatic nitrogens is 1. The predicted molar refractivity (Wildman–Crippen MR) is 71.2 cm³/mol. The molecule has 0 aliphatic carbocycles. The van der Waals surface area contributed by atoms with Gasteiger partial charge in [-0.25, -0.2) is 4.98 Å². The van der Waals surface area contributed by atoms with E-state index in [0.29, 0.717) is 18.1 Å². The zero-order valence-corrected chi connectivity index (χ0v) is 10.8. The molecule has 0 amide bonds. The molecule has 5 nitrogen and oxygen atoms in total. The number of likely N-dealkylation sites (tertiary alicyclic amines) is 1. The van der Waals surface area contributed by atoms with E-state index in [0.717, 1.165) is 25.2 Å². The van der Waals surface area contributed by atoms with E-state index in [4.69, 9.17) is 15.9 Å². The van der Waals surface area contributed by atoms with E-state index >= 15 is 0 Å². The molecule has 0 spiro atoms. The maximum absolute atomic E-state index is 7.57. The third-order valence-electron chi connectivity index (χ3n) is 3.24. The zero-order valence-electron chi connectivity index (χ0n) is 10.8. The molecule has 0 unspecified atom stereocenters. The number of nitrogens with zero attached hydrogens (tertiary/aromatic N) is 2. The Hall–Kier alpha value is -1.62. The lowest BCUT2D eigenvalue weighted by atomic mass is 10.1. The van der Waals surface area contributed by atoms with Crippen molar-refractivity contribution in [1.82, 2.24) is 9.88 Å². The van der Waals surface area contributed by atoms with Gasteiger partial charge in [-0.3, -0.25) is 10.3 Å². The van der Waals surface area contributed by atoms with Crippen molar-refractivity contribution in [3.05, 3.63) is 23.4 Å². The predicted octanol–water partition coefficient (Wildman–Crippen LogP) is 1.15. The second-order valence-electron chi connectivity index (χ2n) is 4.62. The van der Waals surface area contributed by atoms with Crippen LogP contribution in [0.2, 0.25) is 0 Å². The standard InChI is InChI=1S/C13H20N4O/c1-10-4-5-16-13(11(10)12(14)15)18-9-8-17-6-2-3-7-17/h4-5H,2-3,6-9H2,1H3,(H3,14,15). The van der Waals surface area contributed by atoms with Crippen molar-refractivity contribution in [1.29, 1.82) is 5.41 Å². The molecule has 0 radical (unpaired) electrons. The fourth-order valence-corrected chi connectivity index (χ4v) is 2.25. The lowest BCUT2D eigenvalue weighted by Crippen LogP contribution is -2.26. The van der Waals surface area contributed by atoms with Crippen LogP contribution in [0, 0.1) is 12.3 Å². The van der Waals surface area contributed by atoms with Crippen LogP contribution in [0.4, 0.5) is 0 Å². The number of nitrogen functional groups attached to an aromatic ring is 1. The number of hydrogen-bond donors (Lipinski definition) is 2. The third kappa shape index (κ3) is 2.98. The first-order valence-corrected chi connectivity index (χ1v) is 6.33. The lowest BCUT2D eigenvalue weighted by Gasteiger charge is -2.16. The average molecular weight is 248 g/mol. The Morgan fingerprint density at radius 1 is 1.50 bits per heavy atom. The van der Waals surface area contributed by atoms with E-state index in [1.165, 1.54) is 12.8 Å². The minimum absolute atomic E-state index is 0.0109. The van der Waals surface area contributed by atoms with E-state index in [-0.39, 0.29) is 5.84 Å². The van der Waals surface area contributed by atoms with Gasteiger partial charge >= 0.3 is 0 Å². The number of rotatable bonds is 5. The molecule has 1 aromatic heterocycles. The van der Waals surface area contributed by atoms with Crippen molar-refractivity contribution in [2.45, 2.75) is 19.8 Å². The molecule has 2 heterocycles. The van der Waals surface area contributed by atoms with Gasteiger partial charge < -0.3 is 10.5 Å². The molecule has 3 N–H and O–H groups in total. The molecule has 1 aliphatic rings. The molecule has 0 atom stereocenters. The van der Waals surface area contributed by atoms with Crippen LogP contribution in [0.15, 0.2) is 12.3 Å². The van der Waals surface area contributed by atoms with Crippen LogP contribution in [-0.4, -0.2) is 42.0 Å². The highest BCUT2D eigenvalue weighted by atomic mass is 16.5. The number of pyridine rings is 1. The van der Waals surface area contributed by atoms with Gasteiger partial charge in [0.1, 0.15) is 12.4 Å². The fourth-order valence-electron chi connectivity index (χ4n) is 2.25. The Kier molecular flexibility index (Phi) is 4.15. The summed E-state index contributed by atoms with van der Waals surface area (Å²) in [7, 11) is 0. The van der Waals surface area contributed by atoms with E-state index in [1.807, 2.05) is 13.0 Å². The first-order valence-electron chi connectivity index (χ1n) is 6.33. The summed E-state index contributed by atoms with van der Waals surface area (Å²) in [5, 5.41) is 7.57. The minimum Gasteiger partial charge on any atom is -0.476 e. The molecular formula is C13H20N4O. The van der Waals surface area contributed by atoms with Gasteiger partial charge in [-0.15, -0.1) is 0 Å². The summed E-state index contributed by atoms with van der Waals surface area (Å²) in [5.41, 5.74) is 7.10. The SMILES string of the molecule is Cc1ccnc(OCCN2CCCC2)c1C(=N)N. The molecule has 5 heteroatoms. The van der Waals surface area contributed by atoms with Crippen molar-refractivity contribution < 1.29 is 4.74 Å². The van der Waals surface area contributed by atoms with Gasteiger partial charge in [0.15, 0.2) is 0 Å². The van der Waals surface area contributed by atoms with E-state index < -0.39 is 0 Å². The Morgan fingerprint density at radius 2 is 2.22 bits per heavy atom. The molecule has 98 valence electrons. The summed E-state index contributed by atoms with van der Waals surface area (Å²) in [5.74, 6) is 0.485. The van der Waals surface area contributed by atoms with Crippen LogP contribution < -0.4 is 10.5 Å². The van der Waals surface area contributed by atoms with E-state index in [9.17, 15) is 0 Å². The summed E-state index contributed by atoms with van der Waals surface area (Å²) in [6.45, 7) is 5.73. The summed E-state index contributed by atoms with van der Waals surface area (Å²) in [4.78, 5) is 6.54. The molecule has 1 aromatic rings. The Labute approximate surface area is 107 Å². The van der Waals surface area contributed by atoms with Crippen molar-refractivity contribution in [2.75, 3.05) is 26.2 Å². The van der Waals surface area contributed by atoms with Crippen molar-refractivity contribution >= 4 is 5.84 Å². The van der Waals surface area contributed by atoms with Crippen LogP contribution in [-0.2, 0) is 0 Å². The highest BCUT2D eigenvalue weighted by molar-refractivity contribution is 5.98. The smallest absolute Gasteiger partial charge is 0.224 e. The highest BCUT2D eigenvalue weighted by Crippen LogP contribution is 2.18. The summed E-state index contributed by atoms with van der Waals surface area (Å²) >= 11 is 0. The van der Waals surface area contributed by atoms with Crippen molar-refractivity contribution in [3.63, 3.8) is 0 Å². The number of amidine groups is 1. The van der Waals surface area contributed by atoms with E-state index in [2.05, 4.69) is 9.88 Å². The quantitative estimate of drug-likeness (QED) is 0.605. The molecule has 0 bridgehead atoms. The molecule has 1 fully saturated rings. The highest BCUT2D eigenvalue weighted by Gasteiger charge is 2.14. The normalized spacial score (nSPS) is 15.8. The molecule has 0 aromatic carbocycles. The maximum atomic E-state index is 7.57. The van der Waals surface area contributed by atoms with Gasteiger partial charge in [-0.2, -0.15) is 0 Å². The van der Waals surface area contributed by atoms with Crippen molar-refractivity contribution in [3.8, 4) is 5.88 Å². The van der Waals surface area contributed by atoms with Crippen LogP contribution in [0.3, 0.4) is 0 Å².